The third kappa shape index (κ3) is 3.75. The Balaban J connectivity index is 2.16. The first-order valence-corrected chi connectivity index (χ1v) is 8.20. The number of fused-ring (bicyclic) bond motifs is 1. The van der Waals surface area contributed by atoms with E-state index in [1.807, 2.05) is 44.4 Å². The van der Waals surface area contributed by atoms with Crippen LogP contribution in [0.3, 0.4) is 0 Å². The molecule has 1 N–H and O–H groups in total. The molecule has 5 nitrogen and oxygen atoms in total. The van der Waals surface area contributed by atoms with Gasteiger partial charge in [0, 0.05) is 13.1 Å². The van der Waals surface area contributed by atoms with Crippen molar-refractivity contribution in [3.63, 3.8) is 0 Å². The summed E-state index contributed by atoms with van der Waals surface area (Å²) < 4.78 is 15.2. The number of nitrogens with zero attached hydrogens (tertiary/aromatic N) is 3. The first-order valence-electron chi connectivity index (χ1n) is 8.20. The highest BCUT2D eigenvalue weighted by molar-refractivity contribution is 5.78. The zero-order valence-corrected chi connectivity index (χ0v) is 14.4. The molecule has 0 radical (unpaired) electrons. The summed E-state index contributed by atoms with van der Waals surface area (Å²) in [6, 6.07) is 13.5. The standard InChI is InChI=1S/C19H21FN4O/c1-21-10-11-23(2)13-18-22-17-9-8-14(20)12-16(17)19(25)24(18)15-6-4-3-5-7-15/h3-9,12,21H,10-11,13H2,1-2H3. The van der Waals surface area contributed by atoms with Crippen LogP contribution in [-0.2, 0) is 6.54 Å². The molecule has 1 aromatic heterocycles. The fourth-order valence-electron chi connectivity index (χ4n) is 2.78. The van der Waals surface area contributed by atoms with E-state index in [1.54, 1.807) is 10.6 Å². The number of halogens is 1. The minimum Gasteiger partial charge on any atom is -0.318 e. The third-order valence-electron chi connectivity index (χ3n) is 4.07. The monoisotopic (exact) mass is 340 g/mol. The second kappa shape index (κ2) is 7.55. The maximum Gasteiger partial charge on any atom is 0.266 e. The Morgan fingerprint density at radius 3 is 2.68 bits per heavy atom. The quantitative estimate of drug-likeness (QED) is 0.747. The number of hydrogen-bond acceptors (Lipinski definition) is 4. The van der Waals surface area contributed by atoms with Crippen molar-refractivity contribution in [1.82, 2.24) is 19.8 Å². The molecule has 3 rings (SSSR count). The Bertz CT molecular complexity index is 924. The average Bonchev–Trinajstić information content (AvgIpc) is 2.61. The summed E-state index contributed by atoms with van der Waals surface area (Å²) in [6.45, 7) is 2.17. The topological polar surface area (TPSA) is 50.2 Å². The lowest BCUT2D eigenvalue weighted by Gasteiger charge is -2.19. The summed E-state index contributed by atoms with van der Waals surface area (Å²) >= 11 is 0. The number of aromatic nitrogens is 2. The molecule has 2 aromatic carbocycles. The van der Waals surface area contributed by atoms with E-state index in [0.29, 0.717) is 17.9 Å². The minimum atomic E-state index is -0.440. The Kier molecular flexibility index (Phi) is 5.21. The predicted molar refractivity (Wildman–Crippen MR) is 97.6 cm³/mol. The largest absolute Gasteiger partial charge is 0.318 e. The van der Waals surface area contributed by atoms with E-state index in [1.165, 1.54) is 12.1 Å². The molecule has 0 bridgehead atoms. The van der Waals surface area contributed by atoms with Gasteiger partial charge in [-0.2, -0.15) is 0 Å². The normalized spacial score (nSPS) is 11.4. The molecule has 0 aliphatic heterocycles. The Hall–Kier alpha value is -2.57. The summed E-state index contributed by atoms with van der Waals surface area (Å²) in [4.78, 5) is 19.7. The molecule has 25 heavy (non-hydrogen) atoms. The number of hydrogen-bond donors (Lipinski definition) is 1. The van der Waals surface area contributed by atoms with Crippen molar-refractivity contribution in [1.29, 1.82) is 0 Å². The lowest BCUT2D eigenvalue weighted by molar-refractivity contribution is 0.317. The van der Waals surface area contributed by atoms with Gasteiger partial charge >= 0.3 is 0 Å². The zero-order valence-electron chi connectivity index (χ0n) is 14.4. The lowest BCUT2D eigenvalue weighted by Crippen LogP contribution is -2.31. The fourth-order valence-corrected chi connectivity index (χ4v) is 2.78. The van der Waals surface area contributed by atoms with Crippen molar-refractivity contribution < 1.29 is 4.39 Å². The molecule has 0 saturated heterocycles. The van der Waals surface area contributed by atoms with E-state index in [0.717, 1.165) is 18.8 Å². The van der Waals surface area contributed by atoms with Crippen molar-refractivity contribution in [2.75, 3.05) is 27.2 Å². The third-order valence-corrected chi connectivity index (χ3v) is 4.07. The van der Waals surface area contributed by atoms with Crippen LogP contribution in [0.4, 0.5) is 4.39 Å². The number of rotatable bonds is 6. The summed E-state index contributed by atoms with van der Waals surface area (Å²) in [7, 11) is 3.88. The highest BCUT2D eigenvalue weighted by atomic mass is 19.1. The van der Waals surface area contributed by atoms with Gasteiger partial charge in [-0.3, -0.25) is 14.3 Å². The zero-order chi connectivity index (χ0) is 17.8. The molecule has 1 heterocycles. The maximum atomic E-state index is 13.6. The second-order valence-electron chi connectivity index (χ2n) is 6.01. The van der Waals surface area contributed by atoms with Gasteiger partial charge in [-0.05, 0) is 44.4 Å². The van der Waals surface area contributed by atoms with Crippen molar-refractivity contribution in [3.8, 4) is 5.69 Å². The van der Waals surface area contributed by atoms with Crippen LogP contribution in [0.5, 0.6) is 0 Å². The molecular weight excluding hydrogens is 319 g/mol. The molecule has 0 aliphatic rings. The Morgan fingerprint density at radius 2 is 1.96 bits per heavy atom. The number of nitrogens with one attached hydrogen (secondary N) is 1. The van der Waals surface area contributed by atoms with Crippen LogP contribution in [0.15, 0.2) is 53.3 Å². The molecule has 0 amide bonds. The molecule has 0 unspecified atom stereocenters. The van der Waals surface area contributed by atoms with Gasteiger partial charge in [0.15, 0.2) is 0 Å². The van der Waals surface area contributed by atoms with Crippen molar-refractivity contribution in [2.45, 2.75) is 6.54 Å². The lowest BCUT2D eigenvalue weighted by atomic mass is 10.2. The first-order chi connectivity index (χ1) is 12.1. The SMILES string of the molecule is CNCCN(C)Cc1nc2ccc(F)cc2c(=O)n1-c1ccccc1. The molecular formula is C19H21FN4O. The first kappa shape index (κ1) is 17.3. The van der Waals surface area contributed by atoms with Crippen molar-refractivity contribution in [2.24, 2.45) is 0 Å². The summed E-state index contributed by atoms with van der Waals surface area (Å²) in [5.74, 6) is 0.193. The van der Waals surface area contributed by atoms with E-state index in [-0.39, 0.29) is 10.9 Å². The van der Waals surface area contributed by atoms with Crippen LogP contribution in [0.25, 0.3) is 16.6 Å². The van der Waals surface area contributed by atoms with Gasteiger partial charge in [0.1, 0.15) is 11.6 Å². The van der Waals surface area contributed by atoms with Gasteiger partial charge in [0.25, 0.3) is 5.56 Å². The highest BCUT2D eigenvalue weighted by Gasteiger charge is 2.14. The molecule has 3 aromatic rings. The van der Waals surface area contributed by atoms with Gasteiger partial charge in [0.05, 0.1) is 23.1 Å². The summed E-state index contributed by atoms with van der Waals surface area (Å²) in [5.41, 5.74) is 0.978. The number of para-hydroxylation sites is 1. The van der Waals surface area contributed by atoms with Crippen LogP contribution >= 0.6 is 0 Å². The van der Waals surface area contributed by atoms with Gasteiger partial charge < -0.3 is 5.32 Å². The molecule has 0 aliphatic carbocycles. The van der Waals surface area contributed by atoms with Gasteiger partial charge in [-0.15, -0.1) is 0 Å². The molecule has 6 heteroatoms. The van der Waals surface area contributed by atoms with Crippen LogP contribution in [0, 0.1) is 5.82 Å². The molecule has 0 fully saturated rings. The maximum absolute atomic E-state index is 13.6. The molecule has 0 atom stereocenters. The van der Waals surface area contributed by atoms with Gasteiger partial charge in [-0.25, -0.2) is 9.37 Å². The van der Waals surface area contributed by atoms with Crippen molar-refractivity contribution >= 4 is 10.9 Å². The van der Waals surface area contributed by atoms with Gasteiger partial charge in [0.2, 0.25) is 0 Å². The highest BCUT2D eigenvalue weighted by Crippen LogP contribution is 2.15. The van der Waals surface area contributed by atoms with E-state index in [4.69, 9.17) is 0 Å². The number of benzene rings is 2. The number of likely N-dealkylation sites (N-methyl/N-ethyl adjacent to an activating group) is 2. The summed E-state index contributed by atoms with van der Waals surface area (Å²) in [6.07, 6.45) is 0. The van der Waals surface area contributed by atoms with Crippen LogP contribution in [0.1, 0.15) is 5.82 Å². The summed E-state index contributed by atoms with van der Waals surface area (Å²) in [5, 5.41) is 3.39. The molecule has 0 saturated carbocycles. The van der Waals surface area contributed by atoms with E-state index >= 15 is 0 Å². The van der Waals surface area contributed by atoms with Crippen LogP contribution < -0.4 is 10.9 Å². The van der Waals surface area contributed by atoms with E-state index in [2.05, 4.69) is 15.2 Å². The molecule has 0 spiro atoms. The van der Waals surface area contributed by atoms with Crippen LogP contribution in [0.2, 0.25) is 0 Å². The Labute approximate surface area is 145 Å². The van der Waals surface area contributed by atoms with E-state index in [9.17, 15) is 9.18 Å². The van der Waals surface area contributed by atoms with Crippen LogP contribution in [-0.4, -0.2) is 41.6 Å². The predicted octanol–water partition coefficient (Wildman–Crippen LogP) is 2.18. The minimum absolute atomic E-state index is 0.257. The van der Waals surface area contributed by atoms with E-state index < -0.39 is 5.82 Å². The van der Waals surface area contributed by atoms with Gasteiger partial charge in [-0.1, -0.05) is 18.2 Å². The molecule has 130 valence electrons. The van der Waals surface area contributed by atoms with Crippen molar-refractivity contribution in [3.05, 3.63) is 70.5 Å². The second-order valence-corrected chi connectivity index (χ2v) is 6.01. The Morgan fingerprint density at radius 1 is 1.20 bits per heavy atom. The average molecular weight is 340 g/mol. The fraction of sp³-hybridized carbons (Fsp3) is 0.263. The smallest absolute Gasteiger partial charge is 0.266 e.